The maximum absolute atomic E-state index is 13.4. The number of hydrogen-bond donors (Lipinski definition) is 0. The molecule has 1 saturated heterocycles. The SMILES string of the molecule is Cl.O=C(c1ccc(F)cc1)C1CCN(CCC2Cc3cc(F)ccc3C2=O)CC1. The van der Waals surface area contributed by atoms with Crippen LogP contribution in [-0.2, 0) is 6.42 Å². The monoisotopic (exact) mass is 419 g/mol. The van der Waals surface area contributed by atoms with Gasteiger partial charge in [0.25, 0.3) is 0 Å². The third-order valence-electron chi connectivity index (χ3n) is 6.05. The smallest absolute Gasteiger partial charge is 0.166 e. The van der Waals surface area contributed by atoms with E-state index in [2.05, 4.69) is 4.90 Å². The highest BCUT2D eigenvalue weighted by atomic mass is 35.5. The number of benzene rings is 2. The van der Waals surface area contributed by atoms with E-state index in [1.165, 1.54) is 24.3 Å². The minimum Gasteiger partial charge on any atom is -0.303 e. The van der Waals surface area contributed by atoms with Crippen molar-refractivity contribution in [1.29, 1.82) is 0 Å². The van der Waals surface area contributed by atoms with Crippen molar-refractivity contribution in [2.24, 2.45) is 11.8 Å². The van der Waals surface area contributed by atoms with E-state index in [4.69, 9.17) is 0 Å². The summed E-state index contributed by atoms with van der Waals surface area (Å²) in [6.45, 7) is 2.45. The van der Waals surface area contributed by atoms with Gasteiger partial charge in [0.15, 0.2) is 11.6 Å². The zero-order chi connectivity index (χ0) is 19.7. The summed E-state index contributed by atoms with van der Waals surface area (Å²) in [6, 6.07) is 10.2. The van der Waals surface area contributed by atoms with Crippen molar-refractivity contribution >= 4 is 24.0 Å². The molecule has 3 nitrogen and oxygen atoms in total. The Morgan fingerprint density at radius 1 is 1.00 bits per heavy atom. The van der Waals surface area contributed by atoms with Crippen LogP contribution in [-0.4, -0.2) is 36.1 Å². The van der Waals surface area contributed by atoms with Crippen molar-refractivity contribution in [3.8, 4) is 0 Å². The molecule has 1 aliphatic heterocycles. The van der Waals surface area contributed by atoms with E-state index in [-0.39, 0.29) is 47.4 Å². The van der Waals surface area contributed by atoms with Crippen LogP contribution in [0.25, 0.3) is 0 Å². The van der Waals surface area contributed by atoms with Crippen molar-refractivity contribution in [2.45, 2.75) is 25.7 Å². The number of fused-ring (bicyclic) bond motifs is 1. The Labute approximate surface area is 175 Å². The Hall–Kier alpha value is -2.11. The first-order valence-corrected chi connectivity index (χ1v) is 9.86. The van der Waals surface area contributed by atoms with Gasteiger partial charge in [-0.15, -0.1) is 12.4 Å². The molecule has 0 aromatic heterocycles. The van der Waals surface area contributed by atoms with E-state index in [1.54, 1.807) is 18.2 Å². The Balaban J connectivity index is 0.00000240. The number of Topliss-reactive ketones (excluding diaryl/α,β-unsaturated/α-hetero) is 2. The molecular formula is C23H24ClF2NO2. The van der Waals surface area contributed by atoms with Gasteiger partial charge in [0.1, 0.15) is 11.6 Å². The zero-order valence-corrected chi connectivity index (χ0v) is 16.9. The van der Waals surface area contributed by atoms with Gasteiger partial charge in [-0.05, 0) is 93.3 Å². The molecule has 1 fully saturated rings. The lowest BCUT2D eigenvalue weighted by molar-refractivity contribution is 0.0829. The van der Waals surface area contributed by atoms with Crippen LogP contribution in [0.1, 0.15) is 45.5 Å². The summed E-state index contributed by atoms with van der Waals surface area (Å²) in [4.78, 5) is 27.4. The maximum atomic E-state index is 13.4. The van der Waals surface area contributed by atoms with E-state index in [0.29, 0.717) is 17.5 Å². The number of likely N-dealkylation sites (tertiary alicyclic amines) is 1. The van der Waals surface area contributed by atoms with Gasteiger partial charge in [-0.2, -0.15) is 0 Å². The molecule has 0 radical (unpaired) electrons. The number of hydrogen-bond acceptors (Lipinski definition) is 3. The molecule has 1 unspecified atom stereocenters. The first-order valence-electron chi connectivity index (χ1n) is 9.86. The summed E-state index contributed by atoms with van der Waals surface area (Å²) in [5.74, 6) is -0.519. The van der Waals surface area contributed by atoms with Crippen molar-refractivity contribution in [2.75, 3.05) is 19.6 Å². The highest BCUT2D eigenvalue weighted by molar-refractivity contribution is 6.02. The van der Waals surface area contributed by atoms with Gasteiger partial charge in [0.05, 0.1) is 0 Å². The second-order valence-electron chi connectivity index (χ2n) is 7.84. The van der Waals surface area contributed by atoms with Gasteiger partial charge in [-0.25, -0.2) is 8.78 Å². The molecule has 29 heavy (non-hydrogen) atoms. The molecule has 0 saturated carbocycles. The Bertz CT molecular complexity index is 892. The van der Waals surface area contributed by atoms with Gasteiger partial charge in [-0.3, -0.25) is 9.59 Å². The first kappa shape index (κ1) is 21.6. The third-order valence-corrected chi connectivity index (χ3v) is 6.05. The summed E-state index contributed by atoms with van der Waals surface area (Å²) in [7, 11) is 0. The topological polar surface area (TPSA) is 37.4 Å². The fourth-order valence-corrected chi connectivity index (χ4v) is 4.39. The average Bonchev–Trinajstić information content (AvgIpc) is 3.01. The second-order valence-corrected chi connectivity index (χ2v) is 7.84. The minimum absolute atomic E-state index is 0. The standard InChI is InChI=1S/C23H23F2NO2.ClH/c24-19-3-1-15(2-4-19)22(27)16-7-10-26(11-8-16)12-9-17-13-18-14-20(25)5-6-21(18)23(17)28;/h1-6,14,16-17H,7-13H2;1H. The van der Waals surface area contributed by atoms with E-state index in [9.17, 15) is 18.4 Å². The van der Waals surface area contributed by atoms with Crippen LogP contribution >= 0.6 is 12.4 Å². The third kappa shape index (κ3) is 4.73. The molecule has 1 atom stereocenters. The number of carbonyl (C=O) groups is 2. The molecular weight excluding hydrogens is 396 g/mol. The predicted octanol–water partition coefficient (Wildman–Crippen LogP) is 4.73. The van der Waals surface area contributed by atoms with E-state index in [0.717, 1.165) is 44.5 Å². The van der Waals surface area contributed by atoms with Gasteiger partial charge < -0.3 is 4.90 Å². The zero-order valence-electron chi connectivity index (χ0n) is 16.1. The predicted molar refractivity (Wildman–Crippen MR) is 110 cm³/mol. The van der Waals surface area contributed by atoms with Crippen molar-refractivity contribution in [3.05, 3.63) is 70.8 Å². The molecule has 2 aromatic rings. The highest BCUT2D eigenvalue weighted by Crippen LogP contribution is 2.30. The molecule has 0 N–H and O–H groups in total. The van der Waals surface area contributed by atoms with E-state index in [1.807, 2.05) is 0 Å². The molecule has 0 spiro atoms. The van der Waals surface area contributed by atoms with Crippen molar-refractivity contribution in [3.63, 3.8) is 0 Å². The molecule has 2 aliphatic rings. The lowest BCUT2D eigenvalue weighted by Gasteiger charge is -2.31. The normalized spacial score (nSPS) is 19.7. The van der Waals surface area contributed by atoms with Crippen molar-refractivity contribution < 1.29 is 18.4 Å². The van der Waals surface area contributed by atoms with Gasteiger partial charge in [-0.1, -0.05) is 0 Å². The molecule has 6 heteroatoms. The quantitative estimate of drug-likeness (QED) is 0.658. The number of nitrogens with zero attached hydrogens (tertiary/aromatic N) is 1. The average molecular weight is 420 g/mol. The fraction of sp³-hybridized carbons (Fsp3) is 0.391. The summed E-state index contributed by atoms with van der Waals surface area (Å²) in [6.07, 6.45) is 2.93. The maximum Gasteiger partial charge on any atom is 0.166 e. The number of piperidine rings is 1. The van der Waals surface area contributed by atoms with E-state index < -0.39 is 0 Å². The molecule has 0 bridgehead atoms. The van der Waals surface area contributed by atoms with Crippen LogP contribution in [0.3, 0.4) is 0 Å². The Morgan fingerprint density at radius 2 is 1.66 bits per heavy atom. The second kappa shape index (κ2) is 9.14. The van der Waals surface area contributed by atoms with Crippen LogP contribution in [0, 0.1) is 23.5 Å². The Kier molecular flexibility index (Phi) is 6.81. The van der Waals surface area contributed by atoms with Gasteiger partial charge >= 0.3 is 0 Å². The number of halogens is 3. The van der Waals surface area contributed by atoms with Gasteiger partial charge in [0, 0.05) is 23.0 Å². The minimum atomic E-state index is -0.335. The largest absolute Gasteiger partial charge is 0.303 e. The van der Waals surface area contributed by atoms with Gasteiger partial charge in [0.2, 0.25) is 0 Å². The van der Waals surface area contributed by atoms with Crippen LogP contribution in [0.15, 0.2) is 42.5 Å². The summed E-state index contributed by atoms with van der Waals surface area (Å²) in [5, 5.41) is 0. The molecule has 0 amide bonds. The molecule has 4 rings (SSSR count). The number of carbonyl (C=O) groups excluding carboxylic acids is 2. The van der Waals surface area contributed by atoms with E-state index >= 15 is 0 Å². The van der Waals surface area contributed by atoms with Crippen LogP contribution < -0.4 is 0 Å². The summed E-state index contributed by atoms with van der Waals surface area (Å²) >= 11 is 0. The summed E-state index contributed by atoms with van der Waals surface area (Å²) in [5.41, 5.74) is 2.05. The first-order chi connectivity index (χ1) is 13.5. The lowest BCUT2D eigenvalue weighted by atomic mass is 9.88. The fourth-order valence-electron chi connectivity index (χ4n) is 4.39. The van der Waals surface area contributed by atoms with Crippen molar-refractivity contribution in [1.82, 2.24) is 4.90 Å². The van der Waals surface area contributed by atoms with Crippen LogP contribution in [0.4, 0.5) is 8.78 Å². The van der Waals surface area contributed by atoms with Crippen LogP contribution in [0.2, 0.25) is 0 Å². The number of rotatable bonds is 5. The molecule has 1 aliphatic carbocycles. The summed E-state index contributed by atoms with van der Waals surface area (Å²) < 4.78 is 26.4. The highest BCUT2D eigenvalue weighted by Gasteiger charge is 2.32. The molecule has 1 heterocycles. The lowest BCUT2D eigenvalue weighted by Crippen LogP contribution is -2.37. The molecule has 154 valence electrons. The molecule has 2 aromatic carbocycles. The number of ketones is 2. The Morgan fingerprint density at radius 3 is 2.34 bits per heavy atom. The van der Waals surface area contributed by atoms with Crippen LogP contribution in [0.5, 0.6) is 0 Å².